The summed E-state index contributed by atoms with van der Waals surface area (Å²) in [5, 5.41) is 5.34. The van der Waals surface area contributed by atoms with Gasteiger partial charge in [-0.25, -0.2) is 13.2 Å². The second kappa shape index (κ2) is 8.28. The summed E-state index contributed by atoms with van der Waals surface area (Å²) in [5.41, 5.74) is 2.15. The Hall–Kier alpha value is -2.81. The smallest absolute Gasteiger partial charge is 0.257 e. The molecule has 0 fully saturated rings. The number of hydrogen-bond acceptors (Lipinski definition) is 4. The molecular formula is C20H23F3N4O2. The highest BCUT2D eigenvalue weighted by Crippen LogP contribution is 2.25. The minimum absolute atomic E-state index is 0.0980. The molecule has 2 heterocycles. The molecule has 0 bridgehead atoms. The molecule has 1 unspecified atom stereocenters. The van der Waals surface area contributed by atoms with Crippen molar-refractivity contribution in [3.8, 4) is 0 Å². The fraction of sp³-hybridized carbons (Fsp3) is 0.400. The van der Waals surface area contributed by atoms with Gasteiger partial charge in [-0.05, 0) is 19.4 Å². The maximum Gasteiger partial charge on any atom is 0.257 e. The van der Waals surface area contributed by atoms with Crippen LogP contribution in [0.1, 0.15) is 48.3 Å². The Morgan fingerprint density at radius 2 is 2.10 bits per heavy atom. The van der Waals surface area contributed by atoms with E-state index in [9.17, 15) is 22.8 Å². The quantitative estimate of drug-likeness (QED) is 0.616. The Morgan fingerprint density at radius 1 is 1.34 bits per heavy atom. The molecule has 0 aliphatic carbocycles. The van der Waals surface area contributed by atoms with Crippen molar-refractivity contribution in [3.05, 3.63) is 69.1 Å². The fourth-order valence-electron chi connectivity index (χ4n) is 3.33. The molecular weight excluding hydrogens is 385 g/mol. The zero-order chi connectivity index (χ0) is 21.2. The first-order chi connectivity index (χ1) is 13.7. The molecule has 0 spiro atoms. The number of aromatic nitrogens is 1. The van der Waals surface area contributed by atoms with Gasteiger partial charge >= 0.3 is 0 Å². The molecule has 1 aromatic carbocycles. The number of halogens is 3. The number of nitrogens with zero attached hydrogens (tertiary/aromatic N) is 1. The number of carbonyl (C=O) groups is 1. The van der Waals surface area contributed by atoms with Crippen molar-refractivity contribution in [2.24, 2.45) is 0 Å². The molecule has 9 heteroatoms. The maximum atomic E-state index is 14.1. The predicted octanol–water partition coefficient (Wildman–Crippen LogP) is 2.51. The summed E-state index contributed by atoms with van der Waals surface area (Å²) in [6, 6.07) is 4.32. The number of pyridine rings is 1. The van der Waals surface area contributed by atoms with Crippen molar-refractivity contribution in [3.63, 3.8) is 0 Å². The van der Waals surface area contributed by atoms with E-state index in [0.717, 1.165) is 12.1 Å². The van der Waals surface area contributed by atoms with Gasteiger partial charge in [0.1, 0.15) is 17.2 Å². The Bertz CT molecular complexity index is 979. The molecule has 1 amide bonds. The van der Waals surface area contributed by atoms with Gasteiger partial charge in [0.25, 0.3) is 5.91 Å². The number of amides is 1. The van der Waals surface area contributed by atoms with E-state index in [4.69, 9.17) is 0 Å². The molecule has 0 saturated heterocycles. The number of carbonyl (C=O) groups excluding carboxylic acids is 1. The molecule has 2 atom stereocenters. The molecule has 1 aromatic heterocycles. The van der Waals surface area contributed by atoms with Gasteiger partial charge in [-0.1, -0.05) is 19.4 Å². The Morgan fingerprint density at radius 3 is 2.79 bits per heavy atom. The average Bonchev–Trinajstić information content (AvgIpc) is 2.96. The lowest BCUT2D eigenvalue weighted by atomic mass is 9.97. The van der Waals surface area contributed by atoms with Crippen molar-refractivity contribution < 1.29 is 18.0 Å². The molecule has 6 nitrogen and oxygen atoms in total. The van der Waals surface area contributed by atoms with Crippen LogP contribution in [0.25, 0.3) is 0 Å². The predicted molar refractivity (Wildman–Crippen MR) is 103 cm³/mol. The largest absolute Gasteiger partial charge is 0.348 e. The molecule has 1 aliphatic heterocycles. The molecule has 29 heavy (non-hydrogen) atoms. The second-order valence-electron chi connectivity index (χ2n) is 7.29. The Labute approximate surface area is 166 Å². The van der Waals surface area contributed by atoms with Crippen LogP contribution in [0.3, 0.4) is 0 Å². The van der Waals surface area contributed by atoms with Gasteiger partial charge in [-0.2, -0.15) is 0 Å². The van der Waals surface area contributed by atoms with Crippen molar-refractivity contribution >= 4 is 5.91 Å². The van der Waals surface area contributed by atoms with E-state index in [2.05, 4.69) is 16.1 Å². The third-order valence-electron chi connectivity index (χ3n) is 4.94. The maximum absolute atomic E-state index is 14.1. The summed E-state index contributed by atoms with van der Waals surface area (Å²) in [5.74, 6) is -2.19. The van der Waals surface area contributed by atoms with Crippen LogP contribution >= 0.6 is 0 Å². The molecule has 0 radical (unpaired) electrons. The van der Waals surface area contributed by atoms with Crippen molar-refractivity contribution in [2.45, 2.75) is 45.1 Å². The molecule has 1 aliphatic rings. The monoisotopic (exact) mass is 408 g/mol. The highest BCUT2D eigenvalue weighted by atomic mass is 19.1. The van der Waals surface area contributed by atoms with Crippen LogP contribution in [0.5, 0.6) is 0 Å². The minimum atomic E-state index is -1.22. The van der Waals surface area contributed by atoms with Crippen molar-refractivity contribution in [1.82, 2.24) is 15.3 Å². The first-order valence-corrected chi connectivity index (χ1v) is 9.38. The van der Waals surface area contributed by atoms with Crippen LogP contribution in [0.2, 0.25) is 0 Å². The topological polar surface area (TPSA) is 75.2 Å². The third-order valence-corrected chi connectivity index (χ3v) is 4.94. The van der Waals surface area contributed by atoms with Gasteiger partial charge in [0, 0.05) is 30.4 Å². The first kappa shape index (κ1) is 20.9. The number of benzene rings is 1. The number of hydrogen-bond donors (Lipinski definition) is 3. The summed E-state index contributed by atoms with van der Waals surface area (Å²) >= 11 is 0. The van der Waals surface area contributed by atoms with E-state index in [1.165, 1.54) is 23.0 Å². The normalized spacial score (nSPS) is 18.8. The summed E-state index contributed by atoms with van der Waals surface area (Å²) in [6.45, 7) is 3.80. The van der Waals surface area contributed by atoms with Gasteiger partial charge in [0.05, 0.1) is 17.8 Å². The van der Waals surface area contributed by atoms with E-state index in [1.54, 1.807) is 6.92 Å². The SMILES string of the molecule is CCC[C@@H](F)NC1(C)CNn2cc(C(=O)NCc3ccc(F)cc3F)c(=O)cc21. The fourth-order valence-corrected chi connectivity index (χ4v) is 3.33. The number of rotatable bonds is 7. The van der Waals surface area contributed by atoms with Gasteiger partial charge in [0.2, 0.25) is 0 Å². The highest BCUT2D eigenvalue weighted by molar-refractivity contribution is 5.93. The lowest BCUT2D eigenvalue weighted by molar-refractivity contribution is 0.0948. The van der Waals surface area contributed by atoms with E-state index >= 15 is 0 Å². The van der Waals surface area contributed by atoms with Crippen molar-refractivity contribution in [2.75, 3.05) is 12.0 Å². The van der Waals surface area contributed by atoms with E-state index in [-0.39, 0.29) is 17.7 Å². The third kappa shape index (κ3) is 4.45. The van der Waals surface area contributed by atoms with Gasteiger partial charge in [-0.15, -0.1) is 0 Å². The van der Waals surface area contributed by atoms with Gasteiger partial charge in [-0.3, -0.25) is 19.6 Å². The summed E-state index contributed by atoms with van der Waals surface area (Å²) in [4.78, 5) is 24.9. The standard InChI is InChI=1S/C20H23F3N4O2/c1-3-4-18(23)26-20(2)11-25-27-10-14(16(28)8-17(20)27)19(29)24-9-12-5-6-13(21)7-15(12)22/h5-8,10,18,25-26H,3-4,9,11H2,1-2H3,(H,24,29)/t18-,20?/m0/s1. The lowest BCUT2D eigenvalue weighted by Crippen LogP contribution is -2.46. The Balaban J connectivity index is 1.77. The van der Waals surface area contributed by atoms with Crippen LogP contribution in [0.15, 0.2) is 35.3 Å². The summed E-state index contributed by atoms with van der Waals surface area (Å²) in [6.07, 6.45) is 1.15. The number of fused-ring (bicyclic) bond motifs is 1. The average molecular weight is 408 g/mol. The molecule has 3 N–H and O–H groups in total. The lowest BCUT2D eigenvalue weighted by Gasteiger charge is -2.27. The van der Waals surface area contributed by atoms with Crippen LogP contribution in [0.4, 0.5) is 13.2 Å². The minimum Gasteiger partial charge on any atom is -0.348 e. The van der Waals surface area contributed by atoms with Crippen molar-refractivity contribution in [1.29, 1.82) is 0 Å². The zero-order valence-electron chi connectivity index (χ0n) is 16.2. The van der Waals surface area contributed by atoms with E-state index in [0.29, 0.717) is 25.1 Å². The molecule has 156 valence electrons. The summed E-state index contributed by atoms with van der Waals surface area (Å²) < 4.78 is 42.3. The second-order valence-corrected chi connectivity index (χ2v) is 7.29. The molecule has 2 aromatic rings. The van der Waals surface area contributed by atoms with Crippen LogP contribution in [-0.4, -0.2) is 23.4 Å². The number of alkyl halides is 1. The molecule has 0 saturated carbocycles. The first-order valence-electron chi connectivity index (χ1n) is 9.38. The van der Waals surface area contributed by atoms with Crippen LogP contribution in [-0.2, 0) is 12.1 Å². The van der Waals surface area contributed by atoms with Gasteiger partial charge in [0.15, 0.2) is 11.7 Å². The van der Waals surface area contributed by atoms with Crippen LogP contribution in [0, 0.1) is 11.6 Å². The van der Waals surface area contributed by atoms with E-state index in [1.807, 2.05) is 6.92 Å². The Kier molecular flexibility index (Phi) is 5.97. The number of nitrogens with one attached hydrogen (secondary N) is 3. The zero-order valence-corrected chi connectivity index (χ0v) is 16.2. The van der Waals surface area contributed by atoms with Gasteiger partial charge < -0.3 is 10.7 Å². The van der Waals surface area contributed by atoms with Crippen LogP contribution < -0.4 is 21.5 Å². The highest BCUT2D eigenvalue weighted by Gasteiger charge is 2.37. The van der Waals surface area contributed by atoms with E-state index < -0.39 is 34.8 Å². The summed E-state index contributed by atoms with van der Waals surface area (Å²) in [7, 11) is 0. The molecule has 3 rings (SSSR count).